The molecule has 3 saturated heterocycles. The van der Waals surface area contributed by atoms with Crippen LogP contribution in [0.5, 0.6) is 0 Å². The third-order valence-corrected chi connectivity index (χ3v) is 6.47. The molecule has 0 bridgehead atoms. The summed E-state index contributed by atoms with van der Waals surface area (Å²) in [7, 11) is 0. The molecule has 1 atom stereocenters. The molecule has 3 aliphatic heterocycles. The van der Waals surface area contributed by atoms with Gasteiger partial charge in [-0.25, -0.2) is 4.79 Å². The number of hydrogen-bond acceptors (Lipinski definition) is 5. The molecule has 0 aromatic carbocycles. The first-order chi connectivity index (χ1) is 15.5. The van der Waals surface area contributed by atoms with Gasteiger partial charge in [-0.15, -0.1) is 0 Å². The third kappa shape index (κ3) is 6.01. The maximum Gasteiger partial charge on any atom is 0.490 e. The van der Waals surface area contributed by atoms with Crippen LogP contribution in [0.1, 0.15) is 43.5 Å². The van der Waals surface area contributed by atoms with Crippen LogP contribution >= 0.6 is 0 Å². The maximum atomic E-state index is 12.6. The second kappa shape index (κ2) is 10.1. The van der Waals surface area contributed by atoms with Gasteiger partial charge >= 0.3 is 12.1 Å². The van der Waals surface area contributed by atoms with Gasteiger partial charge in [-0.1, -0.05) is 6.07 Å². The number of likely N-dealkylation sites (tertiary alicyclic amines) is 2. The van der Waals surface area contributed by atoms with Gasteiger partial charge in [-0.05, 0) is 44.7 Å². The van der Waals surface area contributed by atoms with E-state index in [1.54, 1.807) is 0 Å². The van der Waals surface area contributed by atoms with Gasteiger partial charge in [-0.3, -0.25) is 14.6 Å². The number of amides is 2. The number of halogens is 3. The summed E-state index contributed by atoms with van der Waals surface area (Å²) in [5, 5.41) is 7.12. The molecular weight excluding hydrogens is 443 g/mol. The van der Waals surface area contributed by atoms with Gasteiger partial charge in [0.25, 0.3) is 0 Å². The topological polar surface area (TPSA) is 100 Å². The van der Waals surface area contributed by atoms with E-state index in [4.69, 9.17) is 14.6 Å². The van der Waals surface area contributed by atoms with Crippen molar-refractivity contribution in [3.05, 3.63) is 29.6 Å². The second-order valence-electron chi connectivity index (χ2n) is 8.66. The van der Waals surface area contributed by atoms with E-state index in [0.717, 1.165) is 50.2 Å². The summed E-state index contributed by atoms with van der Waals surface area (Å²) in [5.41, 5.74) is 1.81. The lowest BCUT2D eigenvalue weighted by Crippen LogP contribution is -2.54. The van der Waals surface area contributed by atoms with Gasteiger partial charge in [0.1, 0.15) is 0 Å². The van der Waals surface area contributed by atoms with E-state index in [9.17, 15) is 22.8 Å². The van der Waals surface area contributed by atoms with Crippen LogP contribution in [-0.4, -0.2) is 75.7 Å². The molecule has 4 heterocycles. The fraction of sp³-hybridized carbons (Fsp3) is 0.636. The molecule has 0 saturated carbocycles. The fourth-order valence-corrected chi connectivity index (χ4v) is 4.63. The van der Waals surface area contributed by atoms with E-state index in [1.165, 1.54) is 0 Å². The number of carboxylic acids is 1. The summed E-state index contributed by atoms with van der Waals surface area (Å²) in [5.74, 6) is -2.28. The third-order valence-electron chi connectivity index (χ3n) is 6.47. The monoisotopic (exact) mass is 471 g/mol. The lowest BCUT2D eigenvalue weighted by atomic mass is 9.84. The molecule has 0 radical (unpaired) electrons. The van der Waals surface area contributed by atoms with E-state index < -0.39 is 12.1 Å². The van der Waals surface area contributed by atoms with Crippen LogP contribution in [0.15, 0.2) is 18.2 Å². The minimum Gasteiger partial charge on any atom is -0.475 e. The van der Waals surface area contributed by atoms with E-state index in [0.29, 0.717) is 26.2 Å². The van der Waals surface area contributed by atoms with Crippen LogP contribution in [0.3, 0.4) is 0 Å². The SMILES string of the molecule is Cc1cccc(CN2C(=O)CCC23CCN(C(=O)C2CCOC2)CC3)n1.O=C(O)C(F)(F)F. The molecule has 0 aliphatic carbocycles. The molecule has 8 nitrogen and oxygen atoms in total. The Hall–Kier alpha value is -2.69. The van der Waals surface area contributed by atoms with Crippen molar-refractivity contribution in [2.24, 2.45) is 5.92 Å². The van der Waals surface area contributed by atoms with E-state index in [2.05, 4.69) is 4.98 Å². The maximum absolute atomic E-state index is 12.6. The van der Waals surface area contributed by atoms with Gasteiger partial charge in [-0.2, -0.15) is 13.2 Å². The molecule has 11 heteroatoms. The summed E-state index contributed by atoms with van der Waals surface area (Å²) in [6.45, 7) is 5.28. The number of aryl methyl sites for hydroxylation is 1. The number of pyridine rings is 1. The molecule has 3 aliphatic rings. The zero-order valence-corrected chi connectivity index (χ0v) is 18.4. The van der Waals surface area contributed by atoms with Crippen LogP contribution in [0.25, 0.3) is 0 Å². The Morgan fingerprint density at radius 3 is 2.45 bits per heavy atom. The smallest absolute Gasteiger partial charge is 0.475 e. The number of nitrogens with zero attached hydrogens (tertiary/aromatic N) is 3. The van der Waals surface area contributed by atoms with Crippen molar-refractivity contribution in [2.75, 3.05) is 26.3 Å². The van der Waals surface area contributed by atoms with Gasteiger partial charge in [0, 0.05) is 37.4 Å². The fourth-order valence-electron chi connectivity index (χ4n) is 4.63. The van der Waals surface area contributed by atoms with Crippen molar-refractivity contribution >= 4 is 17.8 Å². The molecule has 33 heavy (non-hydrogen) atoms. The Morgan fingerprint density at radius 2 is 1.91 bits per heavy atom. The Bertz CT molecular complexity index is 878. The van der Waals surface area contributed by atoms with Crippen molar-refractivity contribution in [1.82, 2.24) is 14.8 Å². The molecule has 4 rings (SSSR count). The number of carbonyl (C=O) groups excluding carboxylic acids is 2. The Labute approximate surface area is 189 Å². The van der Waals surface area contributed by atoms with Crippen molar-refractivity contribution < 1.29 is 37.4 Å². The van der Waals surface area contributed by atoms with Gasteiger partial charge in [0.2, 0.25) is 11.8 Å². The lowest BCUT2D eigenvalue weighted by molar-refractivity contribution is -0.192. The van der Waals surface area contributed by atoms with Crippen molar-refractivity contribution in [3.63, 3.8) is 0 Å². The number of aromatic nitrogens is 1. The number of ether oxygens (including phenoxy) is 1. The highest BCUT2D eigenvalue weighted by atomic mass is 19.4. The van der Waals surface area contributed by atoms with Crippen molar-refractivity contribution in [2.45, 2.75) is 57.3 Å². The predicted molar refractivity (Wildman–Crippen MR) is 110 cm³/mol. The first-order valence-electron chi connectivity index (χ1n) is 10.9. The summed E-state index contributed by atoms with van der Waals surface area (Å²) >= 11 is 0. The number of carbonyl (C=O) groups is 3. The normalized spacial score (nSPS) is 22.3. The number of alkyl halides is 3. The van der Waals surface area contributed by atoms with Crippen LogP contribution in [-0.2, 0) is 25.7 Å². The summed E-state index contributed by atoms with van der Waals surface area (Å²) in [4.78, 5) is 42.7. The molecule has 1 N–H and O–H groups in total. The molecule has 1 unspecified atom stereocenters. The Balaban J connectivity index is 0.000000383. The number of piperidine rings is 1. The molecule has 3 fully saturated rings. The van der Waals surface area contributed by atoms with E-state index in [1.807, 2.05) is 34.9 Å². The number of carboxylic acid groups (broad SMARTS) is 1. The van der Waals surface area contributed by atoms with E-state index >= 15 is 0 Å². The summed E-state index contributed by atoms with van der Waals surface area (Å²) < 4.78 is 37.1. The van der Waals surface area contributed by atoms with E-state index in [-0.39, 0.29) is 23.3 Å². The lowest BCUT2D eigenvalue weighted by Gasteiger charge is -2.45. The summed E-state index contributed by atoms with van der Waals surface area (Å²) in [6.07, 6.45) is -1.01. The van der Waals surface area contributed by atoms with Crippen molar-refractivity contribution in [3.8, 4) is 0 Å². The highest BCUT2D eigenvalue weighted by molar-refractivity contribution is 5.81. The number of aliphatic carboxylic acids is 1. The molecule has 1 aromatic rings. The summed E-state index contributed by atoms with van der Waals surface area (Å²) in [6, 6.07) is 5.96. The predicted octanol–water partition coefficient (Wildman–Crippen LogP) is 2.54. The minimum atomic E-state index is -5.08. The minimum absolute atomic E-state index is 0.0295. The van der Waals surface area contributed by atoms with Gasteiger partial charge in [0.15, 0.2) is 0 Å². The highest BCUT2D eigenvalue weighted by Gasteiger charge is 2.48. The zero-order valence-electron chi connectivity index (χ0n) is 18.4. The molecule has 182 valence electrons. The van der Waals surface area contributed by atoms with Crippen LogP contribution in [0.4, 0.5) is 13.2 Å². The quantitative estimate of drug-likeness (QED) is 0.727. The Kier molecular flexibility index (Phi) is 7.61. The average molecular weight is 471 g/mol. The molecular formula is C22H28F3N3O5. The molecule has 2 amide bonds. The average Bonchev–Trinajstić information content (AvgIpc) is 3.39. The number of rotatable bonds is 3. The first-order valence-corrected chi connectivity index (χ1v) is 10.9. The van der Waals surface area contributed by atoms with Crippen LogP contribution < -0.4 is 0 Å². The van der Waals surface area contributed by atoms with Crippen LogP contribution in [0, 0.1) is 12.8 Å². The largest absolute Gasteiger partial charge is 0.490 e. The standard InChI is InChI=1S/C20H27N3O3.C2HF3O2/c1-15-3-2-4-17(21-15)13-23-18(24)5-7-20(23)8-10-22(11-9-20)19(25)16-6-12-26-14-16;3-2(4,5)1(6)7/h2-4,16H,5-14H2,1H3;(H,6,7). The van der Waals surface area contributed by atoms with Gasteiger partial charge in [0.05, 0.1) is 24.8 Å². The van der Waals surface area contributed by atoms with Gasteiger partial charge < -0.3 is 19.6 Å². The van der Waals surface area contributed by atoms with Crippen molar-refractivity contribution in [1.29, 1.82) is 0 Å². The number of hydrogen-bond donors (Lipinski definition) is 1. The second-order valence-corrected chi connectivity index (χ2v) is 8.66. The molecule has 1 aromatic heterocycles. The molecule has 1 spiro atoms. The van der Waals surface area contributed by atoms with Crippen LogP contribution in [0.2, 0.25) is 0 Å². The highest BCUT2D eigenvalue weighted by Crippen LogP contribution is 2.40. The Morgan fingerprint density at radius 1 is 1.24 bits per heavy atom. The zero-order chi connectivity index (χ0) is 24.2. The first kappa shape index (κ1) is 24.9.